The van der Waals surface area contributed by atoms with E-state index >= 15 is 0 Å². The molecule has 4 aromatic rings. The zero-order valence-electron chi connectivity index (χ0n) is 22.0. The third-order valence-electron chi connectivity index (χ3n) is 6.52. The average Bonchev–Trinajstić information content (AvgIpc) is 3.56. The molecule has 0 atom stereocenters. The standard InChI is InChI=1S/C30H30N4O6/c1-19-23(24-14-22(8-9-25(24)32-19)38-17-20-5-3-2-4-6-20)15-30(37)34-33-29(36)12-11-28(35)31-16-21-7-10-26-27(13-21)40-18-39-26/h2-10,13-14,32H,11-12,15-18H2,1H3,(H,31,35)(H,33,36)(H,34,37). The first-order chi connectivity index (χ1) is 19.4. The van der Waals surface area contributed by atoms with Gasteiger partial charge in [-0.2, -0.15) is 0 Å². The molecule has 1 aliphatic heterocycles. The van der Waals surface area contributed by atoms with Crippen LogP contribution >= 0.6 is 0 Å². The fourth-order valence-corrected chi connectivity index (χ4v) is 4.39. The van der Waals surface area contributed by atoms with Crippen molar-refractivity contribution in [2.75, 3.05) is 6.79 Å². The smallest absolute Gasteiger partial charge is 0.242 e. The lowest BCUT2D eigenvalue weighted by Crippen LogP contribution is -2.42. The minimum absolute atomic E-state index is 0.0143. The van der Waals surface area contributed by atoms with E-state index in [1.54, 1.807) is 12.1 Å². The summed E-state index contributed by atoms with van der Waals surface area (Å²) in [6, 6.07) is 21.0. The molecule has 0 radical (unpaired) electrons. The Kier molecular flexibility index (Phi) is 8.15. The molecule has 0 bridgehead atoms. The summed E-state index contributed by atoms with van der Waals surface area (Å²) in [4.78, 5) is 40.3. The first-order valence-electron chi connectivity index (χ1n) is 13.0. The van der Waals surface area contributed by atoms with Crippen LogP contribution in [0.2, 0.25) is 0 Å². The zero-order valence-corrected chi connectivity index (χ0v) is 22.0. The number of aromatic nitrogens is 1. The number of amides is 3. The Morgan fingerprint density at radius 1 is 0.850 bits per heavy atom. The second kappa shape index (κ2) is 12.2. The highest BCUT2D eigenvalue weighted by molar-refractivity contribution is 5.92. The van der Waals surface area contributed by atoms with E-state index < -0.39 is 5.91 Å². The van der Waals surface area contributed by atoms with Crippen LogP contribution in [0.5, 0.6) is 17.2 Å². The highest BCUT2D eigenvalue weighted by Crippen LogP contribution is 2.32. The Labute approximate surface area is 231 Å². The minimum Gasteiger partial charge on any atom is -0.489 e. The Balaban J connectivity index is 1.07. The normalized spacial score (nSPS) is 11.7. The molecule has 1 aliphatic rings. The van der Waals surface area contributed by atoms with E-state index in [1.807, 2.05) is 61.5 Å². The lowest BCUT2D eigenvalue weighted by Gasteiger charge is -2.09. The molecular formula is C30H30N4O6. The van der Waals surface area contributed by atoms with Crippen molar-refractivity contribution in [1.82, 2.24) is 21.2 Å². The van der Waals surface area contributed by atoms with Gasteiger partial charge in [0.05, 0.1) is 6.42 Å². The van der Waals surface area contributed by atoms with Gasteiger partial charge in [-0.3, -0.25) is 25.2 Å². The van der Waals surface area contributed by atoms with Gasteiger partial charge in [-0.05, 0) is 53.9 Å². The largest absolute Gasteiger partial charge is 0.489 e. The quantitative estimate of drug-likeness (QED) is 0.227. The van der Waals surface area contributed by atoms with Gasteiger partial charge in [0.15, 0.2) is 11.5 Å². The van der Waals surface area contributed by atoms with Crippen molar-refractivity contribution >= 4 is 28.6 Å². The number of rotatable bonds is 10. The van der Waals surface area contributed by atoms with Crippen LogP contribution in [0.25, 0.3) is 10.9 Å². The number of hydrogen-bond donors (Lipinski definition) is 4. The Bertz CT molecular complexity index is 1530. The predicted molar refractivity (Wildman–Crippen MR) is 147 cm³/mol. The topological polar surface area (TPSA) is 131 Å². The molecule has 0 saturated carbocycles. The zero-order chi connectivity index (χ0) is 27.9. The number of carbonyl (C=O) groups excluding carboxylic acids is 3. The van der Waals surface area contributed by atoms with Gasteiger partial charge in [0, 0.05) is 36.0 Å². The first-order valence-corrected chi connectivity index (χ1v) is 13.0. The Morgan fingerprint density at radius 2 is 1.62 bits per heavy atom. The molecule has 0 saturated heterocycles. The maximum atomic E-state index is 12.6. The minimum atomic E-state index is -0.459. The Hall–Kier alpha value is -4.99. The van der Waals surface area contributed by atoms with Crippen LogP contribution in [0.4, 0.5) is 0 Å². The van der Waals surface area contributed by atoms with Crippen molar-refractivity contribution in [1.29, 1.82) is 0 Å². The number of ether oxygens (including phenoxy) is 3. The summed E-state index contributed by atoms with van der Waals surface area (Å²) in [7, 11) is 0. The molecule has 206 valence electrons. The van der Waals surface area contributed by atoms with Crippen LogP contribution in [0.1, 0.15) is 35.2 Å². The van der Waals surface area contributed by atoms with Gasteiger partial charge in [-0.25, -0.2) is 0 Å². The molecule has 2 heterocycles. The van der Waals surface area contributed by atoms with Crippen LogP contribution in [0.15, 0.2) is 66.7 Å². The number of hydrazine groups is 1. The highest BCUT2D eigenvalue weighted by Gasteiger charge is 2.16. The summed E-state index contributed by atoms with van der Waals surface area (Å²) in [6.07, 6.45) is -0.0225. The molecule has 4 N–H and O–H groups in total. The molecular weight excluding hydrogens is 512 g/mol. The number of aryl methyl sites for hydroxylation is 1. The summed E-state index contributed by atoms with van der Waals surface area (Å²) in [5.74, 6) is 0.896. The molecule has 3 amide bonds. The molecule has 0 fully saturated rings. The lowest BCUT2D eigenvalue weighted by molar-refractivity contribution is -0.130. The van der Waals surface area contributed by atoms with Gasteiger partial charge in [0.1, 0.15) is 12.4 Å². The number of nitrogens with one attached hydrogen (secondary N) is 4. The average molecular weight is 543 g/mol. The molecule has 0 spiro atoms. The van der Waals surface area contributed by atoms with Crippen molar-refractivity contribution in [3.05, 3.63) is 89.1 Å². The van der Waals surface area contributed by atoms with E-state index in [4.69, 9.17) is 14.2 Å². The summed E-state index contributed by atoms with van der Waals surface area (Å²) in [5, 5.41) is 3.65. The van der Waals surface area contributed by atoms with Crippen LogP contribution in [-0.2, 0) is 34.0 Å². The summed E-state index contributed by atoms with van der Waals surface area (Å²) in [5.41, 5.74) is 9.31. The van der Waals surface area contributed by atoms with Gasteiger partial charge in [-0.15, -0.1) is 0 Å². The second-order valence-corrected chi connectivity index (χ2v) is 9.45. The van der Waals surface area contributed by atoms with Gasteiger partial charge in [0.25, 0.3) is 0 Å². The van der Waals surface area contributed by atoms with Crippen molar-refractivity contribution in [3.8, 4) is 17.2 Å². The number of H-pyrrole nitrogens is 1. The number of carbonyl (C=O) groups is 3. The van der Waals surface area contributed by atoms with Gasteiger partial charge >= 0.3 is 0 Å². The van der Waals surface area contributed by atoms with Crippen molar-refractivity contribution in [2.24, 2.45) is 0 Å². The third kappa shape index (κ3) is 6.71. The third-order valence-corrected chi connectivity index (χ3v) is 6.52. The van der Waals surface area contributed by atoms with Crippen LogP contribution in [-0.4, -0.2) is 29.5 Å². The molecule has 10 heteroatoms. The molecule has 1 aromatic heterocycles. The predicted octanol–water partition coefficient (Wildman–Crippen LogP) is 3.57. The number of benzene rings is 3. The van der Waals surface area contributed by atoms with Crippen molar-refractivity contribution in [3.63, 3.8) is 0 Å². The molecule has 10 nitrogen and oxygen atoms in total. The fraction of sp³-hybridized carbons (Fsp3) is 0.233. The molecule has 40 heavy (non-hydrogen) atoms. The Morgan fingerprint density at radius 3 is 2.48 bits per heavy atom. The van der Waals surface area contributed by atoms with E-state index in [-0.39, 0.29) is 37.9 Å². The monoisotopic (exact) mass is 542 g/mol. The van der Waals surface area contributed by atoms with Crippen molar-refractivity contribution < 1.29 is 28.6 Å². The summed E-state index contributed by atoms with van der Waals surface area (Å²) >= 11 is 0. The molecule has 3 aromatic carbocycles. The second-order valence-electron chi connectivity index (χ2n) is 9.45. The van der Waals surface area contributed by atoms with Crippen LogP contribution in [0, 0.1) is 6.92 Å². The van der Waals surface area contributed by atoms with E-state index in [9.17, 15) is 14.4 Å². The van der Waals surface area contributed by atoms with Crippen LogP contribution in [0.3, 0.4) is 0 Å². The summed E-state index contributed by atoms with van der Waals surface area (Å²) in [6.45, 7) is 2.82. The SMILES string of the molecule is Cc1[nH]c2ccc(OCc3ccccc3)cc2c1CC(=O)NNC(=O)CCC(=O)NCc1ccc2c(c1)OCO2. The first kappa shape index (κ1) is 26.6. The van der Waals surface area contributed by atoms with Gasteiger partial charge < -0.3 is 24.5 Å². The number of aromatic amines is 1. The number of hydrogen-bond acceptors (Lipinski definition) is 6. The van der Waals surface area contributed by atoms with Crippen LogP contribution < -0.4 is 30.4 Å². The maximum Gasteiger partial charge on any atom is 0.242 e. The number of fused-ring (bicyclic) bond motifs is 2. The summed E-state index contributed by atoms with van der Waals surface area (Å²) < 4.78 is 16.5. The van der Waals surface area contributed by atoms with Gasteiger partial charge in [0.2, 0.25) is 24.5 Å². The molecule has 0 aliphatic carbocycles. The molecule has 5 rings (SSSR count). The van der Waals surface area contributed by atoms with E-state index in [1.165, 1.54) is 0 Å². The highest BCUT2D eigenvalue weighted by atomic mass is 16.7. The van der Waals surface area contributed by atoms with Crippen molar-refractivity contribution in [2.45, 2.75) is 39.3 Å². The molecule has 0 unspecified atom stereocenters. The van der Waals surface area contributed by atoms with E-state index in [0.29, 0.717) is 30.4 Å². The van der Waals surface area contributed by atoms with E-state index in [0.717, 1.165) is 33.3 Å². The lowest BCUT2D eigenvalue weighted by atomic mass is 10.1. The maximum absolute atomic E-state index is 12.6. The fourth-order valence-electron chi connectivity index (χ4n) is 4.39. The van der Waals surface area contributed by atoms with E-state index in [2.05, 4.69) is 21.2 Å². The van der Waals surface area contributed by atoms with Gasteiger partial charge in [-0.1, -0.05) is 36.4 Å².